The Balaban J connectivity index is 1.46. The fraction of sp³-hybridized carbons (Fsp3) is 0.323. The normalized spacial score (nSPS) is 15.4. The summed E-state index contributed by atoms with van der Waals surface area (Å²) in [5, 5.41) is 3.20. The number of Topliss-reactive ketones (excluding diaryl/α,β-unsaturated/α-hetero) is 1. The number of ketones is 1. The molecule has 0 saturated carbocycles. The van der Waals surface area contributed by atoms with Crippen LogP contribution in [0.4, 0.5) is 20.3 Å². The minimum Gasteiger partial charge on any atom is -0.478 e. The molecular formula is C31H32F2N4O5. The zero-order valence-electron chi connectivity index (χ0n) is 23.6. The van der Waals surface area contributed by atoms with E-state index in [1.165, 1.54) is 19.1 Å². The molecule has 1 aliphatic heterocycles. The molecule has 0 radical (unpaired) electrons. The molecule has 1 unspecified atom stereocenters. The van der Waals surface area contributed by atoms with Crippen molar-refractivity contribution in [2.45, 2.75) is 39.6 Å². The second kappa shape index (κ2) is 13.1. The Morgan fingerprint density at radius 2 is 1.98 bits per heavy atom. The van der Waals surface area contributed by atoms with Crippen LogP contribution >= 0.6 is 0 Å². The monoisotopic (exact) mass is 578 g/mol. The van der Waals surface area contributed by atoms with Gasteiger partial charge in [-0.05, 0) is 74.4 Å². The summed E-state index contributed by atoms with van der Waals surface area (Å²) in [6.45, 7) is 2.55. The number of anilines is 2. The zero-order valence-corrected chi connectivity index (χ0v) is 23.6. The predicted octanol–water partition coefficient (Wildman–Crippen LogP) is 6.15. The number of nitrogens with zero attached hydrogens (tertiary/aromatic N) is 3. The lowest BCUT2D eigenvalue weighted by Gasteiger charge is -2.13. The van der Waals surface area contributed by atoms with E-state index >= 15 is 0 Å². The molecule has 5 rings (SSSR count). The van der Waals surface area contributed by atoms with Crippen LogP contribution in [-0.4, -0.2) is 52.9 Å². The van der Waals surface area contributed by atoms with E-state index in [1.54, 1.807) is 24.3 Å². The number of hydrogen-bond donors (Lipinski definition) is 1. The van der Waals surface area contributed by atoms with Gasteiger partial charge in [0.05, 0.1) is 30.4 Å². The van der Waals surface area contributed by atoms with E-state index in [9.17, 15) is 13.6 Å². The Hall–Kier alpha value is -4.35. The number of ether oxygens (including phenoxy) is 4. The summed E-state index contributed by atoms with van der Waals surface area (Å²) in [5.41, 5.74) is 4.10. The third-order valence-electron chi connectivity index (χ3n) is 6.83. The standard InChI is InChI=1S/C31H32F2N4O5/c1-4-40-29-12-6-21(30(36-29)34-22-7-9-23(10-8-22)42-31(32)33)15-25(19(2)38)20-5-11-26-27(16-20)37(3)28(35-26)18-41-24-13-14-39-17-24/h5-12,15-16,24,31H,4,13-14,17-18H2,1-3H3,(H,34,36)/b25-15+. The molecule has 9 nitrogen and oxygen atoms in total. The zero-order chi connectivity index (χ0) is 29.6. The van der Waals surface area contributed by atoms with Gasteiger partial charge in [-0.15, -0.1) is 0 Å². The number of allylic oxidation sites excluding steroid dienone is 1. The summed E-state index contributed by atoms with van der Waals surface area (Å²) in [7, 11) is 1.93. The van der Waals surface area contributed by atoms with E-state index in [2.05, 4.69) is 15.0 Å². The molecule has 1 saturated heterocycles. The minimum absolute atomic E-state index is 0.0402. The van der Waals surface area contributed by atoms with Gasteiger partial charge in [0.2, 0.25) is 5.88 Å². The molecule has 11 heteroatoms. The van der Waals surface area contributed by atoms with Crippen molar-refractivity contribution in [2.24, 2.45) is 7.05 Å². The first-order chi connectivity index (χ1) is 20.3. The number of hydrogen-bond acceptors (Lipinski definition) is 8. The number of halogens is 2. The maximum Gasteiger partial charge on any atom is 0.387 e. The largest absolute Gasteiger partial charge is 0.478 e. The summed E-state index contributed by atoms with van der Waals surface area (Å²) in [5.74, 6) is 1.52. The first-order valence-corrected chi connectivity index (χ1v) is 13.6. The lowest BCUT2D eigenvalue weighted by Crippen LogP contribution is -2.13. The third-order valence-corrected chi connectivity index (χ3v) is 6.83. The number of benzene rings is 2. The van der Waals surface area contributed by atoms with Crippen molar-refractivity contribution in [2.75, 3.05) is 25.1 Å². The van der Waals surface area contributed by atoms with Crippen LogP contribution < -0.4 is 14.8 Å². The number of imidazole rings is 1. The number of aryl methyl sites for hydroxylation is 1. The highest BCUT2D eigenvalue weighted by Crippen LogP contribution is 2.30. The van der Waals surface area contributed by atoms with Gasteiger partial charge in [-0.3, -0.25) is 4.79 Å². The fourth-order valence-electron chi connectivity index (χ4n) is 4.67. The van der Waals surface area contributed by atoms with Crippen molar-refractivity contribution >= 4 is 40.0 Å². The Morgan fingerprint density at radius 1 is 1.17 bits per heavy atom. The molecule has 0 aliphatic carbocycles. The highest BCUT2D eigenvalue weighted by Gasteiger charge is 2.19. The number of fused-ring (bicyclic) bond motifs is 1. The van der Waals surface area contributed by atoms with E-state index in [0.29, 0.717) is 54.9 Å². The van der Waals surface area contributed by atoms with E-state index in [-0.39, 0.29) is 17.6 Å². The Labute approximate surface area is 242 Å². The van der Waals surface area contributed by atoms with Crippen molar-refractivity contribution in [1.29, 1.82) is 0 Å². The molecule has 1 N–H and O–H groups in total. The molecule has 0 bridgehead atoms. The van der Waals surface area contributed by atoms with Gasteiger partial charge in [-0.25, -0.2) is 4.98 Å². The van der Waals surface area contributed by atoms with Crippen molar-refractivity contribution < 1.29 is 32.5 Å². The summed E-state index contributed by atoms with van der Waals surface area (Å²) >= 11 is 0. The number of carbonyl (C=O) groups excluding carboxylic acids is 1. The van der Waals surface area contributed by atoms with Gasteiger partial charge >= 0.3 is 6.61 Å². The van der Waals surface area contributed by atoms with E-state index in [4.69, 9.17) is 19.2 Å². The molecule has 3 heterocycles. The van der Waals surface area contributed by atoms with Gasteiger partial charge in [0.25, 0.3) is 0 Å². The second-order valence-corrected chi connectivity index (χ2v) is 9.75. The quantitative estimate of drug-likeness (QED) is 0.200. The number of alkyl halides is 2. The molecule has 220 valence electrons. The number of aromatic nitrogens is 3. The lowest BCUT2D eigenvalue weighted by atomic mass is 9.99. The number of carbonyl (C=O) groups is 1. The molecule has 2 aromatic carbocycles. The van der Waals surface area contributed by atoms with E-state index < -0.39 is 6.61 Å². The Kier molecular flexibility index (Phi) is 9.09. The highest BCUT2D eigenvalue weighted by molar-refractivity contribution is 6.24. The third kappa shape index (κ3) is 6.92. The van der Waals surface area contributed by atoms with Gasteiger partial charge in [-0.2, -0.15) is 13.8 Å². The van der Waals surface area contributed by atoms with Crippen LogP contribution in [0.25, 0.3) is 22.7 Å². The van der Waals surface area contributed by atoms with E-state index in [1.807, 2.05) is 42.8 Å². The smallest absolute Gasteiger partial charge is 0.387 e. The molecule has 1 aliphatic rings. The van der Waals surface area contributed by atoms with Crippen molar-refractivity contribution in [3.63, 3.8) is 0 Å². The summed E-state index contributed by atoms with van der Waals surface area (Å²) in [6, 6.07) is 15.3. The van der Waals surface area contributed by atoms with Crippen LogP contribution in [0.1, 0.15) is 37.2 Å². The van der Waals surface area contributed by atoms with Crippen molar-refractivity contribution in [3.05, 3.63) is 71.5 Å². The predicted molar refractivity (Wildman–Crippen MR) is 155 cm³/mol. The summed E-state index contributed by atoms with van der Waals surface area (Å²) in [6.07, 6.45) is 2.71. The maximum absolute atomic E-state index is 12.9. The molecule has 2 aromatic heterocycles. The van der Waals surface area contributed by atoms with Gasteiger partial charge in [0, 0.05) is 36.5 Å². The van der Waals surface area contributed by atoms with Crippen molar-refractivity contribution in [3.8, 4) is 11.6 Å². The average Bonchev–Trinajstić information content (AvgIpc) is 3.60. The summed E-state index contributed by atoms with van der Waals surface area (Å²) < 4.78 is 48.5. The first-order valence-electron chi connectivity index (χ1n) is 13.6. The van der Waals surface area contributed by atoms with Gasteiger partial charge < -0.3 is 28.8 Å². The number of pyridine rings is 1. The number of nitrogens with one attached hydrogen (secondary N) is 1. The van der Waals surface area contributed by atoms with E-state index in [0.717, 1.165) is 28.8 Å². The SMILES string of the molecule is CCOc1ccc(/C=C(\C(C)=O)c2ccc3nc(COC4CCOC4)n(C)c3c2)c(Nc2ccc(OC(F)F)cc2)n1. The van der Waals surface area contributed by atoms with Crippen molar-refractivity contribution in [1.82, 2.24) is 14.5 Å². The van der Waals surface area contributed by atoms with Crippen LogP contribution in [-0.2, 0) is 27.9 Å². The summed E-state index contributed by atoms with van der Waals surface area (Å²) in [4.78, 5) is 22.2. The average molecular weight is 579 g/mol. The maximum atomic E-state index is 12.9. The Bertz CT molecular complexity index is 1580. The molecule has 0 spiro atoms. The highest BCUT2D eigenvalue weighted by atomic mass is 19.3. The van der Waals surface area contributed by atoms with Crippen LogP contribution in [0.15, 0.2) is 54.6 Å². The number of rotatable bonds is 12. The Morgan fingerprint density at radius 3 is 2.67 bits per heavy atom. The van der Waals surface area contributed by atoms with Gasteiger partial charge in [-0.1, -0.05) is 6.07 Å². The molecule has 4 aromatic rings. The van der Waals surface area contributed by atoms with Crippen LogP contribution in [0.5, 0.6) is 11.6 Å². The van der Waals surface area contributed by atoms with Gasteiger partial charge in [0.15, 0.2) is 5.78 Å². The molecule has 0 amide bonds. The molecule has 1 fully saturated rings. The topological polar surface area (TPSA) is 96.7 Å². The minimum atomic E-state index is -2.91. The molecular weight excluding hydrogens is 546 g/mol. The van der Waals surface area contributed by atoms with Crippen LogP contribution in [0.3, 0.4) is 0 Å². The van der Waals surface area contributed by atoms with Gasteiger partial charge in [0.1, 0.15) is 24.0 Å². The molecule has 1 atom stereocenters. The second-order valence-electron chi connectivity index (χ2n) is 9.75. The van der Waals surface area contributed by atoms with Crippen LogP contribution in [0.2, 0.25) is 0 Å². The first kappa shape index (κ1) is 29.2. The fourth-order valence-corrected chi connectivity index (χ4v) is 4.67. The lowest BCUT2D eigenvalue weighted by molar-refractivity contribution is -0.111. The van der Waals surface area contributed by atoms with Crippen LogP contribution in [0, 0.1) is 0 Å². The molecule has 42 heavy (non-hydrogen) atoms.